The lowest BCUT2D eigenvalue weighted by Gasteiger charge is -2.32. The van der Waals surface area contributed by atoms with Gasteiger partial charge in [-0.15, -0.1) is 0 Å². The van der Waals surface area contributed by atoms with Gasteiger partial charge in [0, 0.05) is 56.1 Å². The number of nitrogens with one attached hydrogen (secondary N) is 1. The average molecular weight is 374 g/mol. The second-order valence-corrected chi connectivity index (χ2v) is 8.68. The molecule has 1 amide bonds. The summed E-state index contributed by atoms with van der Waals surface area (Å²) in [6, 6.07) is 1.18. The predicted molar refractivity (Wildman–Crippen MR) is 107 cm³/mol. The summed E-state index contributed by atoms with van der Waals surface area (Å²) >= 11 is 0. The number of nitrogens with zero attached hydrogens (tertiary/aromatic N) is 4. The molecule has 1 atom stereocenters. The van der Waals surface area contributed by atoms with Crippen molar-refractivity contribution >= 4 is 5.91 Å². The fraction of sp³-hybridized carbons (Fsp3) is 0.810. The Kier molecular flexibility index (Phi) is 5.83. The van der Waals surface area contributed by atoms with Crippen LogP contribution in [-0.4, -0.2) is 70.8 Å². The molecule has 1 saturated heterocycles. The maximum atomic E-state index is 13.3. The van der Waals surface area contributed by atoms with E-state index in [9.17, 15) is 4.79 Å². The van der Waals surface area contributed by atoms with Crippen LogP contribution < -0.4 is 5.32 Å². The zero-order valence-corrected chi connectivity index (χ0v) is 17.0. The lowest BCUT2D eigenvalue weighted by Crippen LogP contribution is -2.47. The zero-order valence-electron chi connectivity index (χ0n) is 17.0. The molecule has 1 unspecified atom stereocenters. The Morgan fingerprint density at radius 2 is 1.85 bits per heavy atom. The number of aryl methyl sites for hydroxylation is 1. The summed E-state index contributed by atoms with van der Waals surface area (Å²) in [4.78, 5) is 17.6. The molecule has 1 saturated carbocycles. The number of rotatable bonds is 5. The molecule has 1 aliphatic heterocycles. The zero-order chi connectivity index (χ0) is 18.8. The standard InChI is InChI=1S/C21H35N5O/c1-3-10-26-19-9-8-17(22-16-6-4-5-7-16)15-18(19)20(23-26)21(27)25-13-11-24(2)12-14-25/h16-17,22H,3-15H2,1-2H3. The Morgan fingerprint density at radius 1 is 1.11 bits per heavy atom. The molecular formula is C21H35N5O. The van der Waals surface area contributed by atoms with Crippen molar-refractivity contribution < 1.29 is 4.79 Å². The molecule has 27 heavy (non-hydrogen) atoms. The largest absolute Gasteiger partial charge is 0.335 e. The molecule has 1 aromatic rings. The van der Waals surface area contributed by atoms with Crippen molar-refractivity contribution in [3.63, 3.8) is 0 Å². The Hall–Kier alpha value is -1.40. The van der Waals surface area contributed by atoms with Crippen molar-refractivity contribution in [2.75, 3.05) is 33.2 Å². The highest BCUT2D eigenvalue weighted by Gasteiger charge is 2.32. The Balaban J connectivity index is 1.53. The van der Waals surface area contributed by atoms with E-state index in [0.717, 1.165) is 57.7 Å². The van der Waals surface area contributed by atoms with Gasteiger partial charge >= 0.3 is 0 Å². The third kappa shape index (κ3) is 4.06. The van der Waals surface area contributed by atoms with Gasteiger partial charge in [0.25, 0.3) is 5.91 Å². The van der Waals surface area contributed by atoms with Crippen molar-refractivity contribution in [1.82, 2.24) is 24.9 Å². The predicted octanol–water partition coefficient (Wildman–Crippen LogP) is 2.07. The van der Waals surface area contributed by atoms with Crippen LogP contribution in [0.4, 0.5) is 0 Å². The van der Waals surface area contributed by atoms with Crippen LogP contribution in [0.15, 0.2) is 0 Å². The van der Waals surface area contributed by atoms with Gasteiger partial charge in [-0.05, 0) is 45.6 Å². The fourth-order valence-corrected chi connectivity index (χ4v) is 4.98. The van der Waals surface area contributed by atoms with Crippen LogP contribution in [-0.2, 0) is 19.4 Å². The van der Waals surface area contributed by atoms with Crippen molar-refractivity contribution in [2.24, 2.45) is 0 Å². The number of piperazine rings is 1. The lowest BCUT2D eigenvalue weighted by atomic mass is 9.90. The molecule has 0 aromatic carbocycles. The molecule has 150 valence electrons. The summed E-state index contributed by atoms with van der Waals surface area (Å²) in [6.07, 6.45) is 9.57. The van der Waals surface area contributed by atoms with Gasteiger partial charge in [-0.3, -0.25) is 9.48 Å². The van der Waals surface area contributed by atoms with Gasteiger partial charge < -0.3 is 15.1 Å². The number of carbonyl (C=O) groups excluding carboxylic acids is 1. The number of likely N-dealkylation sites (N-methyl/N-ethyl adjacent to an activating group) is 1. The Bertz CT molecular complexity index is 656. The average Bonchev–Trinajstić information content (AvgIpc) is 3.30. The number of carbonyl (C=O) groups is 1. The summed E-state index contributed by atoms with van der Waals surface area (Å²) in [5.74, 6) is 0.149. The Morgan fingerprint density at radius 3 is 2.56 bits per heavy atom. The normalized spacial score (nSPS) is 24.4. The molecule has 0 bridgehead atoms. The molecule has 6 nitrogen and oxygen atoms in total. The van der Waals surface area contributed by atoms with Crippen LogP contribution in [0.3, 0.4) is 0 Å². The van der Waals surface area contributed by atoms with E-state index in [1.807, 2.05) is 4.90 Å². The Labute approximate surface area is 163 Å². The summed E-state index contributed by atoms with van der Waals surface area (Å²) < 4.78 is 2.13. The second-order valence-electron chi connectivity index (χ2n) is 8.68. The highest BCUT2D eigenvalue weighted by Crippen LogP contribution is 2.28. The maximum Gasteiger partial charge on any atom is 0.274 e. The molecule has 0 radical (unpaired) electrons. The van der Waals surface area contributed by atoms with Crippen molar-refractivity contribution in [3.8, 4) is 0 Å². The molecule has 2 heterocycles. The first kappa shape index (κ1) is 18.9. The van der Waals surface area contributed by atoms with Crippen LogP contribution in [0.25, 0.3) is 0 Å². The molecule has 4 rings (SSSR count). The van der Waals surface area contributed by atoms with Gasteiger partial charge in [0.1, 0.15) is 0 Å². The quantitative estimate of drug-likeness (QED) is 0.859. The molecule has 2 fully saturated rings. The highest BCUT2D eigenvalue weighted by atomic mass is 16.2. The van der Waals surface area contributed by atoms with Crippen LogP contribution in [0, 0.1) is 0 Å². The monoisotopic (exact) mass is 373 g/mol. The fourth-order valence-electron chi connectivity index (χ4n) is 4.98. The number of amides is 1. The topological polar surface area (TPSA) is 53.4 Å². The maximum absolute atomic E-state index is 13.3. The molecule has 0 spiro atoms. The van der Waals surface area contributed by atoms with Gasteiger partial charge in [-0.25, -0.2) is 0 Å². The van der Waals surface area contributed by atoms with E-state index in [1.165, 1.54) is 43.4 Å². The molecule has 1 N–H and O–H groups in total. The molecular weight excluding hydrogens is 338 g/mol. The number of hydrogen-bond acceptors (Lipinski definition) is 4. The van der Waals surface area contributed by atoms with Crippen LogP contribution in [0.1, 0.15) is 67.2 Å². The minimum atomic E-state index is 0.149. The van der Waals surface area contributed by atoms with E-state index in [2.05, 4.69) is 28.9 Å². The van der Waals surface area contributed by atoms with E-state index >= 15 is 0 Å². The SMILES string of the molecule is CCCn1nc(C(=O)N2CCN(C)CC2)c2c1CCC(NC1CCCC1)C2. The van der Waals surface area contributed by atoms with Crippen molar-refractivity contribution in [2.45, 2.75) is 76.9 Å². The van der Waals surface area contributed by atoms with Crippen molar-refractivity contribution in [1.29, 1.82) is 0 Å². The molecule has 1 aromatic heterocycles. The second kappa shape index (κ2) is 8.31. The highest BCUT2D eigenvalue weighted by molar-refractivity contribution is 5.94. The van der Waals surface area contributed by atoms with Gasteiger partial charge in [0.2, 0.25) is 0 Å². The summed E-state index contributed by atoms with van der Waals surface area (Å²) in [5, 5.41) is 8.71. The van der Waals surface area contributed by atoms with E-state index in [1.54, 1.807) is 0 Å². The minimum Gasteiger partial charge on any atom is -0.335 e. The molecule has 3 aliphatic rings. The minimum absolute atomic E-state index is 0.149. The van der Waals surface area contributed by atoms with Gasteiger partial charge in [0.05, 0.1) is 0 Å². The van der Waals surface area contributed by atoms with Crippen LogP contribution >= 0.6 is 0 Å². The van der Waals surface area contributed by atoms with Crippen molar-refractivity contribution in [3.05, 3.63) is 17.0 Å². The van der Waals surface area contributed by atoms with E-state index < -0.39 is 0 Å². The first-order valence-corrected chi connectivity index (χ1v) is 11.0. The number of hydrogen-bond donors (Lipinski definition) is 1. The first-order chi connectivity index (χ1) is 13.2. The van der Waals surface area contributed by atoms with Crippen LogP contribution in [0.2, 0.25) is 0 Å². The summed E-state index contributed by atoms with van der Waals surface area (Å²) in [5.41, 5.74) is 3.29. The molecule has 2 aliphatic carbocycles. The first-order valence-electron chi connectivity index (χ1n) is 11.0. The number of fused-ring (bicyclic) bond motifs is 1. The van der Waals surface area contributed by atoms with E-state index in [0.29, 0.717) is 12.1 Å². The third-order valence-corrected chi connectivity index (χ3v) is 6.60. The van der Waals surface area contributed by atoms with E-state index in [-0.39, 0.29) is 5.91 Å². The van der Waals surface area contributed by atoms with E-state index in [4.69, 9.17) is 5.10 Å². The van der Waals surface area contributed by atoms with Gasteiger partial charge in [-0.2, -0.15) is 5.10 Å². The van der Waals surface area contributed by atoms with Gasteiger partial charge in [0.15, 0.2) is 5.69 Å². The summed E-state index contributed by atoms with van der Waals surface area (Å²) in [6.45, 7) is 6.64. The smallest absolute Gasteiger partial charge is 0.274 e. The molecule has 6 heteroatoms. The number of aromatic nitrogens is 2. The van der Waals surface area contributed by atoms with Crippen LogP contribution in [0.5, 0.6) is 0 Å². The third-order valence-electron chi connectivity index (χ3n) is 6.60. The van der Waals surface area contributed by atoms with Gasteiger partial charge in [-0.1, -0.05) is 19.8 Å². The lowest BCUT2D eigenvalue weighted by molar-refractivity contribution is 0.0656. The summed E-state index contributed by atoms with van der Waals surface area (Å²) in [7, 11) is 2.12.